The third-order valence-electron chi connectivity index (χ3n) is 4.02. The van der Waals surface area contributed by atoms with Gasteiger partial charge in [0.15, 0.2) is 0 Å². The molecule has 1 aliphatic heterocycles. The number of unbranched alkanes of at least 4 members (excludes halogenated alkanes) is 1. The fraction of sp³-hybridized carbons (Fsp3) is 1.00. The molecule has 1 unspecified atom stereocenters. The summed E-state index contributed by atoms with van der Waals surface area (Å²) in [6.45, 7) is 7.24. The molecule has 0 spiro atoms. The van der Waals surface area contributed by atoms with Gasteiger partial charge >= 0.3 is 0 Å². The van der Waals surface area contributed by atoms with Gasteiger partial charge in [-0.1, -0.05) is 13.3 Å². The first kappa shape index (κ1) is 12.3. The average molecular weight is 226 g/mol. The highest BCUT2D eigenvalue weighted by Gasteiger charge is 2.39. The fourth-order valence-electron chi connectivity index (χ4n) is 2.62. The quantitative estimate of drug-likeness (QED) is 0.717. The predicted octanol–water partition coefficient (Wildman–Crippen LogP) is 1.62. The zero-order chi connectivity index (χ0) is 11.4. The molecule has 3 nitrogen and oxygen atoms in total. The molecule has 1 saturated carbocycles. The van der Waals surface area contributed by atoms with E-state index in [1.54, 1.807) is 0 Å². The summed E-state index contributed by atoms with van der Waals surface area (Å²) >= 11 is 0. The Balaban J connectivity index is 1.87. The number of hydrogen-bond acceptors (Lipinski definition) is 3. The normalized spacial score (nSPS) is 30.2. The zero-order valence-corrected chi connectivity index (χ0v) is 10.6. The van der Waals surface area contributed by atoms with E-state index in [4.69, 9.17) is 10.5 Å². The maximum absolute atomic E-state index is 5.96. The summed E-state index contributed by atoms with van der Waals surface area (Å²) in [7, 11) is 0. The van der Waals surface area contributed by atoms with Crippen LogP contribution in [0.1, 0.15) is 39.0 Å². The second-order valence-electron chi connectivity index (χ2n) is 5.56. The van der Waals surface area contributed by atoms with Crippen LogP contribution in [-0.2, 0) is 4.74 Å². The zero-order valence-electron chi connectivity index (χ0n) is 10.6. The van der Waals surface area contributed by atoms with Crippen molar-refractivity contribution in [3.05, 3.63) is 0 Å². The van der Waals surface area contributed by atoms with Gasteiger partial charge in [0, 0.05) is 31.2 Å². The molecule has 2 N–H and O–H groups in total. The van der Waals surface area contributed by atoms with Crippen LogP contribution in [-0.4, -0.2) is 43.8 Å². The van der Waals surface area contributed by atoms with Gasteiger partial charge in [0.05, 0.1) is 6.61 Å². The van der Waals surface area contributed by atoms with Crippen LogP contribution in [0.3, 0.4) is 0 Å². The molecular formula is C13H26N2O. The highest BCUT2D eigenvalue weighted by atomic mass is 16.5. The number of hydrogen-bond donors (Lipinski definition) is 1. The monoisotopic (exact) mass is 226 g/mol. The summed E-state index contributed by atoms with van der Waals surface area (Å²) in [4.78, 5) is 2.67. The molecule has 0 amide bonds. The number of rotatable bonds is 7. The van der Waals surface area contributed by atoms with Crippen molar-refractivity contribution in [3.63, 3.8) is 0 Å². The topological polar surface area (TPSA) is 38.5 Å². The molecule has 2 aliphatic rings. The molecule has 1 atom stereocenters. The van der Waals surface area contributed by atoms with Gasteiger partial charge in [-0.15, -0.1) is 0 Å². The fourth-order valence-corrected chi connectivity index (χ4v) is 2.62. The molecule has 0 aromatic rings. The lowest BCUT2D eigenvalue weighted by Crippen LogP contribution is -2.44. The molecule has 2 rings (SSSR count). The molecule has 16 heavy (non-hydrogen) atoms. The van der Waals surface area contributed by atoms with Crippen molar-refractivity contribution >= 4 is 0 Å². The number of ether oxygens (including phenoxy) is 1. The van der Waals surface area contributed by atoms with E-state index in [1.807, 2.05) is 0 Å². The van der Waals surface area contributed by atoms with Gasteiger partial charge in [0.25, 0.3) is 0 Å². The van der Waals surface area contributed by atoms with Gasteiger partial charge in [-0.05, 0) is 32.2 Å². The van der Waals surface area contributed by atoms with Gasteiger partial charge in [0.2, 0.25) is 0 Å². The third kappa shape index (κ3) is 2.96. The SMILES string of the molecule is CCCCN(CC1(CN)CCOC1)C1CC1. The Morgan fingerprint density at radius 3 is 2.75 bits per heavy atom. The van der Waals surface area contributed by atoms with Crippen LogP contribution >= 0.6 is 0 Å². The van der Waals surface area contributed by atoms with Crippen LogP contribution in [0.4, 0.5) is 0 Å². The van der Waals surface area contributed by atoms with Crippen LogP contribution < -0.4 is 5.73 Å². The van der Waals surface area contributed by atoms with Crippen LogP contribution in [0.2, 0.25) is 0 Å². The average Bonchev–Trinajstić information content (AvgIpc) is 3.05. The van der Waals surface area contributed by atoms with Crippen LogP contribution in [0.25, 0.3) is 0 Å². The molecule has 0 bridgehead atoms. The molecule has 2 fully saturated rings. The van der Waals surface area contributed by atoms with Crippen molar-refractivity contribution in [2.45, 2.75) is 45.1 Å². The van der Waals surface area contributed by atoms with E-state index >= 15 is 0 Å². The smallest absolute Gasteiger partial charge is 0.0547 e. The Morgan fingerprint density at radius 2 is 2.25 bits per heavy atom. The highest BCUT2D eigenvalue weighted by molar-refractivity contribution is 4.92. The summed E-state index contributed by atoms with van der Waals surface area (Å²) in [5.41, 5.74) is 6.22. The highest BCUT2D eigenvalue weighted by Crippen LogP contribution is 2.34. The Morgan fingerprint density at radius 1 is 1.44 bits per heavy atom. The van der Waals surface area contributed by atoms with Gasteiger partial charge in [-0.2, -0.15) is 0 Å². The van der Waals surface area contributed by atoms with Gasteiger partial charge in [0.1, 0.15) is 0 Å². The molecule has 1 saturated heterocycles. The Labute approximate surface area is 99.3 Å². The Kier molecular flexibility index (Phi) is 4.22. The standard InChI is InChI=1S/C13H26N2O/c1-2-3-7-15(12-4-5-12)10-13(9-14)6-8-16-11-13/h12H,2-11,14H2,1H3. The Bertz CT molecular complexity index is 210. The minimum Gasteiger partial charge on any atom is -0.381 e. The molecule has 0 aromatic carbocycles. The molecular weight excluding hydrogens is 200 g/mol. The van der Waals surface area contributed by atoms with Crippen molar-refractivity contribution < 1.29 is 4.74 Å². The second-order valence-corrected chi connectivity index (χ2v) is 5.56. The largest absolute Gasteiger partial charge is 0.381 e. The van der Waals surface area contributed by atoms with E-state index < -0.39 is 0 Å². The van der Waals surface area contributed by atoms with Crippen molar-refractivity contribution in [2.24, 2.45) is 11.1 Å². The van der Waals surface area contributed by atoms with Crippen LogP contribution in [0.5, 0.6) is 0 Å². The van der Waals surface area contributed by atoms with E-state index in [9.17, 15) is 0 Å². The molecule has 1 heterocycles. The lowest BCUT2D eigenvalue weighted by atomic mass is 9.86. The number of nitrogens with zero attached hydrogens (tertiary/aromatic N) is 1. The van der Waals surface area contributed by atoms with E-state index in [-0.39, 0.29) is 5.41 Å². The minimum atomic E-state index is 0.260. The predicted molar refractivity (Wildman–Crippen MR) is 66.4 cm³/mol. The van der Waals surface area contributed by atoms with Crippen molar-refractivity contribution in [1.82, 2.24) is 4.90 Å². The first-order valence-corrected chi connectivity index (χ1v) is 6.81. The van der Waals surface area contributed by atoms with Gasteiger partial charge in [-0.3, -0.25) is 4.90 Å². The Hall–Kier alpha value is -0.120. The third-order valence-corrected chi connectivity index (χ3v) is 4.02. The van der Waals surface area contributed by atoms with E-state index in [0.29, 0.717) is 0 Å². The first-order chi connectivity index (χ1) is 7.79. The summed E-state index contributed by atoms with van der Waals surface area (Å²) in [6.07, 6.45) is 6.54. The maximum atomic E-state index is 5.96. The molecule has 94 valence electrons. The van der Waals surface area contributed by atoms with Crippen molar-refractivity contribution in [2.75, 3.05) is 32.8 Å². The summed E-state index contributed by atoms with van der Waals surface area (Å²) in [5, 5.41) is 0. The van der Waals surface area contributed by atoms with Crippen molar-refractivity contribution in [1.29, 1.82) is 0 Å². The van der Waals surface area contributed by atoms with E-state index in [2.05, 4.69) is 11.8 Å². The van der Waals surface area contributed by atoms with Gasteiger partial charge < -0.3 is 10.5 Å². The van der Waals surface area contributed by atoms with E-state index in [0.717, 1.165) is 38.8 Å². The summed E-state index contributed by atoms with van der Waals surface area (Å²) in [5.74, 6) is 0. The van der Waals surface area contributed by atoms with E-state index in [1.165, 1.54) is 32.2 Å². The van der Waals surface area contributed by atoms with Gasteiger partial charge in [-0.25, -0.2) is 0 Å². The first-order valence-electron chi connectivity index (χ1n) is 6.81. The second kappa shape index (κ2) is 5.48. The molecule has 0 radical (unpaired) electrons. The maximum Gasteiger partial charge on any atom is 0.0547 e. The summed E-state index contributed by atoms with van der Waals surface area (Å²) in [6, 6.07) is 0.857. The van der Waals surface area contributed by atoms with Crippen molar-refractivity contribution in [3.8, 4) is 0 Å². The van der Waals surface area contributed by atoms with Crippen LogP contribution in [0.15, 0.2) is 0 Å². The van der Waals surface area contributed by atoms with Crippen LogP contribution in [0, 0.1) is 5.41 Å². The lowest BCUT2D eigenvalue weighted by molar-refractivity contribution is 0.110. The minimum absolute atomic E-state index is 0.260. The number of nitrogens with two attached hydrogens (primary N) is 1. The summed E-state index contributed by atoms with van der Waals surface area (Å²) < 4.78 is 5.55. The lowest BCUT2D eigenvalue weighted by Gasteiger charge is -2.33. The molecule has 0 aromatic heterocycles. The molecule has 3 heteroatoms. The molecule has 1 aliphatic carbocycles.